The minimum atomic E-state index is -1.13. The molecule has 0 bridgehead atoms. The van der Waals surface area contributed by atoms with Gasteiger partial charge in [0.25, 0.3) is 0 Å². The molecule has 0 aromatic rings. The fourth-order valence-corrected chi connectivity index (χ4v) is 2.72. The van der Waals surface area contributed by atoms with Crippen molar-refractivity contribution in [3.63, 3.8) is 0 Å². The number of carbonyl (C=O) groups is 1. The standard InChI is InChI=1S/C18H36O4/c19-17(20)15-13-11-9-7-5-3-1-2-4-6-8-10-12-14-16-18(21)22/h17,19-20H,1-16H2,(H,21,22). The van der Waals surface area contributed by atoms with Crippen molar-refractivity contribution in [1.82, 2.24) is 0 Å². The van der Waals surface area contributed by atoms with E-state index in [1.165, 1.54) is 64.2 Å². The van der Waals surface area contributed by atoms with Crippen molar-refractivity contribution in [1.29, 1.82) is 0 Å². The van der Waals surface area contributed by atoms with Crippen LogP contribution in [0, 0.1) is 0 Å². The molecule has 0 aliphatic heterocycles. The third kappa shape index (κ3) is 19.4. The number of aliphatic carboxylic acids is 1. The summed E-state index contributed by atoms with van der Waals surface area (Å²) in [4.78, 5) is 10.3. The molecule has 0 aliphatic carbocycles. The molecular formula is C18H36O4. The second-order valence-corrected chi connectivity index (χ2v) is 6.36. The second kappa shape index (κ2) is 16.8. The zero-order valence-electron chi connectivity index (χ0n) is 14.1. The molecule has 0 rings (SSSR count). The van der Waals surface area contributed by atoms with Crippen LogP contribution < -0.4 is 0 Å². The van der Waals surface area contributed by atoms with Gasteiger partial charge in [0, 0.05) is 6.42 Å². The topological polar surface area (TPSA) is 77.8 Å². The number of unbranched alkanes of at least 4 members (excludes halogenated alkanes) is 13. The van der Waals surface area contributed by atoms with Crippen molar-refractivity contribution in [2.75, 3.05) is 0 Å². The highest BCUT2D eigenvalue weighted by atomic mass is 16.5. The van der Waals surface area contributed by atoms with Crippen LogP contribution in [0.15, 0.2) is 0 Å². The molecule has 0 unspecified atom stereocenters. The Morgan fingerprint density at radius 2 is 0.909 bits per heavy atom. The Kier molecular flexibility index (Phi) is 16.3. The van der Waals surface area contributed by atoms with E-state index in [2.05, 4.69) is 0 Å². The molecule has 0 heterocycles. The van der Waals surface area contributed by atoms with Crippen LogP contribution in [0.5, 0.6) is 0 Å². The van der Waals surface area contributed by atoms with E-state index in [0.29, 0.717) is 12.8 Å². The molecule has 0 aromatic heterocycles. The zero-order chi connectivity index (χ0) is 16.5. The van der Waals surface area contributed by atoms with Crippen LogP contribution in [0.3, 0.4) is 0 Å². The predicted molar refractivity (Wildman–Crippen MR) is 89.7 cm³/mol. The number of carboxylic acids is 1. The molecule has 0 amide bonds. The molecule has 0 saturated carbocycles. The lowest BCUT2D eigenvalue weighted by atomic mass is 10.0. The van der Waals surface area contributed by atoms with E-state index in [-0.39, 0.29) is 0 Å². The van der Waals surface area contributed by atoms with Crippen LogP contribution in [-0.4, -0.2) is 27.6 Å². The molecular weight excluding hydrogens is 280 g/mol. The third-order valence-electron chi connectivity index (χ3n) is 4.10. The highest BCUT2D eigenvalue weighted by molar-refractivity contribution is 5.66. The average molecular weight is 316 g/mol. The predicted octanol–water partition coefficient (Wildman–Crippen LogP) is 4.62. The van der Waals surface area contributed by atoms with Crippen molar-refractivity contribution in [3.05, 3.63) is 0 Å². The van der Waals surface area contributed by atoms with Crippen molar-refractivity contribution in [3.8, 4) is 0 Å². The summed E-state index contributed by atoms with van der Waals surface area (Å²) < 4.78 is 0. The SMILES string of the molecule is O=C(O)CCCCCCCCCCCCCCCCC(O)O. The molecule has 22 heavy (non-hydrogen) atoms. The summed E-state index contributed by atoms with van der Waals surface area (Å²) in [6, 6.07) is 0. The maximum Gasteiger partial charge on any atom is 0.303 e. The fraction of sp³-hybridized carbons (Fsp3) is 0.944. The molecule has 0 aliphatic rings. The van der Waals surface area contributed by atoms with Crippen LogP contribution in [0.2, 0.25) is 0 Å². The van der Waals surface area contributed by atoms with Gasteiger partial charge in [-0.2, -0.15) is 0 Å². The molecule has 3 N–H and O–H groups in total. The van der Waals surface area contributed by atoms with E-state index in [1.807, 2.05) is 0 Å². The normalized spacial score (nSPS) is 11.2. The van der Waals surface area contributed by atoms with Gasteiger partial charge in [-0.15, -0.1) is 0 Å². The van der Waals surface area contributed by atoms with Gasteiger partial charge in [0.15, 0.2) is 6.29 Å². The van der Waals surface area contributed by atoms with Gasteiger partial charge in [-0.3, -0.25) is 4.79 Å². The summed E-state index contributed by atoms with van der Waals surface area (Å²) >= 11 is 0. The maximum absolute atomic E-state index is 10.3. The molecule has 0 saturated heterocycles. The number of aliphatic hydroxyl groups excluding tert-OH is 1. The quantitative estimate of drug-likeness (QED) is 0.270. The number of carboxylic acid groups (broad SMARTS) is 1. The van der Waals surface area contributed by atoms with Crippen LogP contribution in [0.4, 0.5) is 0 Å². The lowest BCUT2D eigenvalue weighted by Crippen LogP contribution is -2.02. The molecule has 0 spiro atoms. The van der Waals surface area contributed by atoms with E-state index in [9.17, 15) is 4.79 Å². The molecule has 4 heteroatoms. The minimum absolute atomic E-state index is 0.320. The number of hydrogen-bond acceptors (Lipinski definition) is 3. The second-order valence-electron chi connectivity index (χ2n) is 6.36. The fourth-order valence-electron chi connectivity index (χ4n) is 2.72. The highest BCUT2D eigenvalue weighted by Gasteiger charge is 1.98. The van der Waals surface area contributed by atoms with E-state index >= 15 is 0 Å². The molecule has 0 aromatic carbocycles. The van der Waals surface area contributed by atoms with Gasteiger partial charge >= 0.3 is 5.97 Å². The first-order valence-corrected chi connectivity index (χ1v) is 9.21. The van der Waals surface area contributed by atoms with Crippen molar-refractivity contribution in [2.45, 2.75) is 109 Å². The Labute approximate surface area is 135 Å². The van der Waals surface area contributed by atoms with Gasteiger partial charge in [-0.05, 0) is 19.3 Å². The Morgan fingerprint density at radius 1 is 0.591 bits per heavy atom. The Morgan fingerprint density at radius 3 is 1.23 bits per heavy atom. The summed E-state index contributed by atoms with van der Waals surface area (Å²) in [5.41, 5.74) is 0. The Balaban J connectivity index is 2.98. The van der Waals surface area contributed by atoms with Crippen molar-refractivity contribution in [2.24, 2.45) is 0 Å². The van der Waals surface area contributed by atoms with Crippen molar-refractivity contribution < 1.29 is 20.1 Å². The molecule has 4 nitrogen and oxygen atoms in total. The Bertz CT molecular complexity index is 241. The van der Waals surface area contributed by atoms with Gasteiger partial charge in [0.2, 0.25) is 0 Å². The highest BCUT2D eigenvalue weighted by Crippen LogP contribution is 2.13. The van der Waals surface area contributed by atoms with Crippen molar-refractivity contribution >= 4 is 5.97 Å². The van der Waals surface area contributed by atoms with Gasteiger partial charge in [-0.1, -0.05) is 77.0 Å². The van der Waals surface area contributed by atoms with Gasteiger partial charge in [-0.25, -0.2) is 0 Å². The largest absolute Gasteiger partial charge is 0.481 e. The Hall–Kier alpha value is -0.610. The summed E-state index contributed by atoms with van der Waals surface area (Å²) in [5.74, 6) is -0.675. The minimum Gasteiger partial charge on any atom is -0.481 e. The summed E-state index contributed by atoms with van der Waals surface area (Å²) in [7, 11) is 0. The van der Waals surface area contributed by atoms with Crippen LogP contribution in [-0.2, 0) is 4.79 Å². The lowest BCUT2D eigenvalue weighted by Gasteiger charge is -2.04. The van der Waals surface area contributed by atoms with Crippen LogP contribution >= 0.6 is 0 Å². The van der Waals surface area contributed by atoms with E-state index < -0.39 is 12.3 Å². The maximum atomic E-state index is 10.3. The number of rotatable bonds is 17. The number of aliphatic hydroxyl groups is 2. The average Bonchev–Trinajstić information content (AvgIpc) is 2.46. The third-order valence-corrected chi connectivity index (χ3v) is 4.10. The van der Waals surface area contributed by atoms with Crippen LogP contribution in [0.1, 0.15) is 103 Å². The van der Waals surface area contributed by atoms with Gasteiger partial charge in [0.05, 0.1) is 0 Å². The van der Waals surface area contributed by atoms with Crippen LogP contribution in [0.25, 0.3) is 0 Å². The van der Waals surface area contributed by atoms with E-state index in [1.54, 1.807) is 0 Å². The van der Waals surface area contributed by atoms with Gasteiger partial charge < -0.3 is 15.3 Å². The van der Waals surface area contributed by atoms with E-state index in [0.717, 1.165) is 25.7 Å². The summed E-state index contributed by atoms with van der Waals surface area (Å²) in [6.45, 7) is 0. The molecule has 0 atom stereocenters. The summed E-state index contributed by atoms with van der Waals surface area (Å²) in [5, 5.41) is 25.9. The lowest BCUT2D eigenvalue weighted by molar-refractivity contribution is -0.137. The van der Waals surface area contributed by atoms with E-state index in [4.69, 9.17) is 15.3 Å². The first-order chi connectivity index (χ1) is 10.6. The first kappa shape index (κ1) is 21.4. The number of hydrogen-bond donors (Lipinski definition) is 3. The van der Waals surface area contributed by atoms with Gasteiger partial charge in [0.1, 0.15) is 0 Å². The molecule has 132 valence electrons. The molecule has 0 radical (unpaired) electrons. The smallest absolute Gasteiger partial charge is 0.303 e. The zero-order valence-corrected chi connectivity index (χ0v) is 14.1. The summed E-state index contributed by atoms with van der Waals surface area (Å²) in [6.07, 6.45) is 16.4. The first-order valence-electron chi connectivity index (χ1n) is 9.21. The monoisotopic (exact) mass is 316 g/mol. The molecule has 0 fully saturated rings.